The third-order valence-electron chi connectivity index (χ3n) is 7.09. The molecule has 1 fully saturated rings. The number of anilines is 3. The van der Waals surface area contributed by atoms with Gasteiger partial charge in [0.15, 0.2) is 5.82 Å². The molecule has 10 nitrogen and oxygen atoms in total. The molecule has 0 aliphatic carbocycles. The van der Waals surface area contributed by atoms with E-state index in [2.05, 4.69) is 36.6 Å². The Kier molecular flexibility index (Phi) is 13.0. The monoisotopic (exact) mass is 603 g/mol. The zero-order valence-corrected chi connectivity index (χ0v) is 25.1. The van der Waals surface area contributed by atoms with Gasteiger partial charge in [0.25, 0.3) is 0 Å². The molecular weight excluding hydrogens is 563 g/mol. The van der Waals surface area contributed by atoms with Crippen LogP contribution in [0, 0.1) is 18.6 Å². The van der Waals surface area contributed by atoms with Gasteiger partial charge in [-0.3, -0.25) is 4.90 Å². The molecule has 0 spiro atoms. The predicted molar refractivity (Wildman–Crippen MR) is 168 cm³/mol. The van der Waals surface area contributed by atoms with Gasteiger partial charge >= 0.3 is 7.05 Å². The summed E-state index contributed by atoms with van der Waals surface area (Å²) in [7, 11) is -0.462. The number of nitrogen functional groups attached to an aromatic ring is 1. The van der Waals surface area contributed by atoms with Gasteiger partial charge in [0, 0.05) is 62.7 Å². The summed E-state index contributed by atoms with van der Waals surface area (Å²) in [5, 5.41) is 20.1. The Balaban J connectivity index is 0.00000484. The van der Waals surface area contributed by atoms with Crippen LogP contribution in [0.2, 0.25) is 6.82 Å². The second-order valence-corrected chi connectivity index (χ2v) is 10.4. The zero-order valence-electron chi connectivity index (χ0n) is 24.3. The van der Waals surface area contributed by atoms with Crippen LogP contribution in [0.15, 0.2) is 36.5 Å². The molecule has 0 unspecified atom stereocenters. The molecule has 3 heterocycles. The molecule has 228 valence electrons. The Bertz CT molecular complexity index is 1280. The number of aromatic nitrogens is 4. The van der Waals surface area contributed by atoms with Crippen LogP contribution in [0.5, 0.6) is 0 Å². The standard InChI is InChI=1S/C28H40BF2N9O.ClH/c1-21-22(8-7-11-38-12-14-39(15-13-38)25-17-23(30)16-24(31)18-25)20-35-40(21)27-19-26(36-28(32)37-27)33-9-5-3-4-6-10-34-29(2)41;/h7-8,16-20,34,41H,3-6,9-15H2,1-2H3,(H3,32,33,36,37);1H/b8-7+;. The van der Waals surface area contributed by atoms with Crippen molar-refractivity contribution in [3.8, 4) is 5.82 Å². The lowest BCUT2D eigenvalue weighted by molar-refractivity contribution is 0.284. The first-order valence-corrected chi connectivity index (χ1v) is 14.2. The Morgan fingerprint density at radius 3 is 2.38 bits per heavy atom. The van der Waals surface area contributed by atoms with Gasteiger partial charge in [0.1, 0.15) is 17.5 Å². The highest BCUT2D eigenvalue weighted by molar-refractivity contribution is 6.45. The van der Waals surface area contributed by atoms with Crippen molar-refractivity contribution in [3.63, 3.8) is 0 Å². The summed E-state index contributed by atoms with van der Waals surface area (Å²) in [6, 6.07) is 5.51. The largest absolute Gasteiger partial charge is 0.437 e. The fraction of sp³-hybridized carbons (Fsp3) is 0.464. The topological polar surface area (TPSA) is 120 Å². The zero-order chi connectivity index (χ0) is 29.2. The normalized spacial score (nSPS) is 13.9. The van der Waals surface area contributed by atoms with Gasteiger partial charge in [-0.2, -0.15) is 15.1 Å². The quantitative estimate of drug-likeness (QED) is 0.161. The van der Waals surface area contributed by atoms with Crippen molar-refractivity contribution in [3.05, 3.63) is 59.4 Å². The van der Waals surface area contributed by atoms with E-state index in [1.54, 1.807) is 17.7 Å². The number of piperazine rings is 1. The molecule has 3 aromatic rings. The summed E-state index contributed by atoms with van der Waals surface area (Å²) >= 11 is 0. The lowest BCUT2D eigenvalue weighted by Crippen LogP contribution is -2.46. The molecular formula is C28H41BClF2N9O. The smallest absolute Gasteiger partial charge is 0.373 e. The van der Waals surface area contributed by atoms with Crippen molar-refractivity contribution in [1.82, 2.24) is 29.9 Å². The van der Waals surface area contributed by atoms with E-state index in [1.807, 2.05) is 24.0 Å². The number of nitrogens with zero attached hydrogens (tertiary/aromatic N) is 6. The van der Waals surface area contributed by atoms with Crippen molar-refractivity contribution in [2.75, 3.05) is 61.8 Å². The highest BCUT2D eigenvalue weighted by Gasteiger charge is 2.18. The van der Waals surface area contributed by atoms with Gasteiger partial charge in [0.05, 0.1) is 11.9 Å². The molecule has 0 amide bonds. The lowest BCUT2D eigenvalue weighted by Gasteiger charge is -2.35. The van der Waals surface area contributed by atoms with Crippen LogP contribution in [0.3, 0.4) is 0 Å². The summed E-state index contributed by atoms with van der Waals surface area (Å²) in [5.74, 6) is 0.342. The minimum atomic E-state index is -0.552. The lowest BCUT2D eigenvalue weighted by atomic mass is 9.89. The maximum absolute atomic E-state index is 13.6. The Morgan fingerprint density at radius 1 is 1.00 bits per heavy atom. The van der Waals surface area contributed by atoms with E-state index >= 15 is 0 Å². The first-order valence-electron chi connectivity index (χ1n) is 14.2. The minimum absolute atomic E-state index is 0. The predicted octanol–water partition coefficient (Wildman–Crippen LogP) is 3.76. The van der Waals surface area contributed by atoms with Crippen molar-refractivity contribution in [2.24, 2.45) is 0 Å². The van der Waals surface area contributed by atoms with Gasteiger partial charge in [-0.25, -0.2) is 13.5 Å². The van der Waals surface area contributed by atoms with Crippen molar-refractivity contribution < 1.29 is 13.8 Å². The van der Waals surface area contributed by atoms with Crippen LogP contribution < -0.4 is 21.2 Å². The first kappa shape index (κ1) is 33.2. The molecule has 4 rings (SSSR count). The van der Waals surface area contributed by atoms with Crippen LogP contribution in [0.1, 0.15) is 36.9 Å². The molecule has 1 saturated heterocycles. The summed E-state index contributed by atoms with van der Waals surface area (Å²) in [5.41, 5.74) is 8.50. The summed E-state index contributed by atoms with van der Waals surface area (Å²) in [6.07, 6.45) is 10.2. The van der Waals surface area contributed by atoms with Crippen LogP contribution in [0.25, 0.3) is 11.9 Å². The van der Waals surface area contributed by atoms with E-state index < -0.39 is 18.7 Å². The molecule has 1 aliphatic rings. The first-order chi connectivity index (χ1) is 19.8. The molecule has 5 N–H and O–H groups in total. The molecule has 0 radical (unpaired) electrons. The maximum atomic E-state index is 13.6. The third kappa shape index (κ3) is 9.93. The van der Waals surface area contributed by atoms with E-state index in [4.69, 9.17) is 5.73 Å². The molecule has 0 atom stereocenters. The van der Waals surface area contributed by atoms with Crippen molar-refractivity contribution in [2.45, 2.75) is 39.4 Å². The highest BCUT2D eigenvalue weighted by Crippen LogP contribution is 2.20. The average molecular weight is 604 g/mol. The molecule has 1 aliphatic heterocycles. The van der Waals surface area contributed by atoms with E-state index in [0.29, 0.717) is 30.4 Å². The van der Waals surface area contributed by atoms with Crippen LogP contribution >= 0.6 is 12.4 Å². The Hall–Kier alpha value is -3.26. The second kappa shape index (κ2) is 16.4. The molecule has 1 aromatic carbocycles. The number of halogens is 3. The van der Waals surface area contributed by atoms with Crippen LogP contribution in [-0.2, 0) is 0 Å². The molecule has 42 heavy (non-hydrogen) atoms. The van der Waals surface area contributed by atoms with Gasteiger partial charge in [0.2, 0.25) is 5.95 Å². The van der Waals surface area contributed by atoms with E-state index in [0.717, 1.165) is 75.7 Å². The maximum Gasteiger partial charge on any atom is 0.373 e. The minimum Gasteiger partial charge on any atom is -0.437 e. The molecule has 14 heteroatoms. The summed E-state index contributed by atoms with van der Waals surface area (Å²) in [6.45, 7) is 9.09. The second-order valence-electron chi connectivity index (χ2n) is 10.4. The highest BCUT2D eigenvalue weighted by atomic mass is 35.5. The van der Waals surface area contributed by atoms with Crippen LogP contribution in [0.4, 0.5) is 26.2 Å². The van der Waals surface area contributed by atoms with Gasteiger partial charge < -0.3 is 26.2 Å². The number of rotatable bonds is 14. The fourth-order valence-electron chi connectivity index (χ4n) is 4.84. The number of unbranched alkanes of at least 4 members (excludes halogenated alkanes) is 3. The SMILES string of the molecule is CB(O)NCCCCCCNc1cc(-n2ncc(/C=C/CN3CCN(c4cc(F)cc(F)c4)CC3)c2C)nc(N)n1.Cl. The van der Waals surface area contributed by atoms with Gasteiger partial charge in [-0.1, -0.05) is 25.0 Å². The Morgan fingerprint density at radius 2 is 1.69 bits per heavy atom. The van der Waals surface area contributed by atoms with E-state index in [-0.39, 0.29) is 18.4 Å². The average Bonchev–Trinajstić information content (AvgIpc) is 3.29. The van der Waals surface area contributed by atoms with Gasteiger partial charge in [-0.15, -0.1) is 12.4 Å². The Labute approximate surface area is 252 Å². The number of benzene rings is 1. The summed E-state index contributed by atoms with van der Waals surface area (Å²) < 4.78 is 28.9. The molecule has 2 aromatic heterocycles. The van der Waals surface area contributed by atoms with Crippen LogP contribution in [-0.4, -0.2) is 82.5 Å². The van der Waals surface area contributed by atoms with E-state index in [1.165, 1.54) is 12.1 Å². The number of nitrogens with one attached hydrogen (secondary N) is 2. The van der Waals surface area contributed by atoms with E-state index in [9.17, 15) is 13.8 Å². The number of hydrogen-bond acceptors (Lipinski definition) is 9. The fourth-order valence-corrected chi connectivity index (χ4v) is 4.84. The number of hydrogen-bond donors (Lipinski definition) is 4. The molecule has 0 saturated carbocycles. The number of nitrogens with two attached hydrogens (primary N) is 1. The summed E-state index contributed by atoms with van der Waals surface area (Å²) in [4.78, 5) is 13.0. The van der Waals surface area contributed by atoms with Crippen molar-refractivity contribution in [1.29, 1.82) is 0 Å². The molecule has 0 bridgehead atoms. The van der Waals surface area contributed by atoms with Gasteiger partial charge in [-0.05, 0) is 45.3 Å². The van der Waals surface area contributed by atoms with Crippen molar-refractivity contribution >= 4 is 43.0 Å². The third-order valence-corrected chi connectivity index (χ3v) is 7.09.